The summed E-state index contributed by atoms with van der Waals surface area (Å²) < 4.78 is 0. The molecule has 0 aliphatic carbocycles. The van der Waals surface area contributed by atoms with Gasteiger partial charge in [-0.3, -0.25) is 0 Å². The van der Waals surface area contributed by atoms with Gasteiger partial charge in [-0.1, -0.05) is 45.0 Å². The minimum absolute atomic E-state index is 0.266. The van der Waals surface area contributed by atoms with Crippen LogP contribution >= 0.6 is 0 Å². The van der Waals surface area contributed by atoms with E-state index in [0.717, 1.165) is 5.92 Å². The third kappa shape index (κ3) is 3.32. The maximum atomic E-state index is 2.44. The summed E-state index contributed by atoms with van der Waals surface area (Å²) in [6.45, 7) is 9.39. The molecule has 1 aliphatic rings. The fourth-order valence-corrected chi connectivity index (χ4v) is 2.69. The molecule has 0 saturated carbocycles. The Bertz CT molecular complexity index is 375. The molecule has 0 N–H and O–H groups in total. The van der Waals surface area contributed by atoms with Gasteiger partial charge in [0.1, 0.15) is 0 Å². The molecule has 94 valence electrons. The number of hydrogen-bond donors (Lipinski definition) is 0. The average molecular weight is 231 g/mol. The first-order valence-corrected chi connectivity index (χ1v) is 6.73. The maximum absolute atomic E-state index is 2.44. The molecule has 17 heavy (non-hydrogen) atoms. The van der Waals surface area contributed by atoms with E-state index >= 15 is 0 Å². The summed E-state index contributed by atoms with van der Waals surface area (Å²) in [7, 11) is 2.23. The highest BCUT2D eigenvalue weighted by Crippen LogP contribution is 2.25. The first-order chi connectivity index (χ1) is 7.95. The summed E-state index contributed by atoms with van der Waals surface area (Å²) in [5.74, 6) is 0.857. The van der Waals surface area contributed by atoms with Crippen molar-refractivity contribution in [3.8, 4) is 0 Å². The minimum Gasteiger partial charge on any atom is -0.306 e. The van der Waals surface area contributed by atoms with Crippen LogP contribution in [0.1, 0.15) is 38.3 Å². The smallest absolute Gasteiger partial charge is 0.00103 e. The molecule has 0 bridgehead atoms. The van der Waals surface area contributed by atoms with Gasteiger partial charge in [0.15, 0.2) is 0 Å². The molecule has 1 unspecified atom stereocenters. The first-order valence-electron chi connectivity index (χ1n) is 6.73. The molecular weight excluding hydrogens is 206 g/mol. The standard InChI is InChI=1S/C16H25N/c1-16(2,3)15-7-5-6-13(11-15)10-14-8-9-17(4)12-14/h5-7,11,14H,8-10,12H2,1-4H3. The van der Waals surface area contributed by atoms with Crippen molar-refractivity contribution >= 4 is 0 Å². The largest absolute Gasteiger partial charge is 0.306 e. The summed E-state index contributed by atoms with van der Waals surface area (Å²) in [5.41, 5.74) is 3.24. The number of hydrogen-bond acceptors (Lipinski definition) is 1. The Balaban J connectivity index is 2.06. The molecule has 1 atom stereocenters. The molecule has 1 nitrogen and oxygen atoms in total. The molecule has 0 spiro atoms. The van der Waals surface area contributed by atoms with Gasteiger partial charge in [0, 0.05) is 6.54 Å². The lowest BCUT2D eigenvalue weighted by Gasteiger charge is -2.20. The van der Waals surface area contributed by atoms with Gasteiger partial charge in [-0.25, -0.2) is 0 Å². The van der Waals surface area contributed by atoms with Crippen molar-refractivity contribution in [2.24, 2.45) is 5.92 Å². The SMILES string of the molecule is CN1CCC(Cc2cccc(C(C)(C)C)c2)C1. The van der Waals surface area contributed by atoms with Gasteiger partial charge in [0.25, 0.3) is 0 Å². The summed E-state index contributed by atoms with van der Waals surface area (Å²) in [4.78, 5) is 2.44. The molecule has 1 aliphatic heterocycles. The Kier molecular flexibility index (Phi) is 3.58. The predicted octanol–water partition coefficient (Wildman–Crippen LogP) is 3.48. The van der Waals surface area contributed by atoms with Crippen LogP contribution in [0.4, 0.5) is 0 Å². The molecule has 1 fully saturated rings. The van der Waals surface area contributed by atoms with Gasteiger partial charge < -0.3 is 4.90 Å². The van der Waals surface area contributed by atoms with Crippen molar-refractivity contribution in [2.75, 3.05) is 20.1 Å². The topological polar surface area (TPSA) is 3.24 Å². The predicted molar refractivity (Wildman–Crippen MR) is 74.5 cm³/mol. The van der Waals surface area contributed by atoms with E-state index < -0.39 is 0 Å². The molecule has 1 aromatic rings. The molecule has 2 rings (SSSR count). The highest BCUT2D eigenvalue weighted by atomic mass is 15.1. The third-order valence-corrected chi connectivity index (χ3v) is 3.81. The zero-order valence-electron chi connectivity index (χ0n) is 11.7. The average Bonchev–Trinajstić information content (AvgIpc) is 2.63. The van der Waals surface area contributed by atoms with E-state index in [4.69, 9.17) is 0 Å². The van der Waals surface area contributed by atoms with Gasteiger partial charge in [0.05, 0.1) is 0 Å². The Morgan fingerprint density at radius 2 is 2.06 bits per heavy atom. The molecule has 0 aromatic heterocycles. The van der Waals surface area contributed by atoms with Crippen molar-refractivity contribution in [1.82, 2.24) is 4.90 Å². The van der Waals surface area contributed by atoms with E-state index in [1.165, 1.54) is 37.1 Å². The van der Waals surface area contributed by atoms with Crippen LogP contribution in [-0.2, 0) is 11.8 Å². The van der Waals surface area contributed by atoms with E-state index in [0.29, 0.717) is 0 Å². The number of likely N-dealkylation sites (tertiary alicyclic amines) is 1. The lowest BCUT2D eigenvalue weighted by atomic mass is 9.85. The fraction of sp³-hybridized carbons (Fsp3) is 0.625. The quantitative estimate of drug-likeness (QED) is 0.753. The second-order valence-electron chi connectivity index (χ2n) is 6.57. The lowest BCUT2D eigenvalue weighted by Crippen LogP contribution is -2.15. The summed E-state index contributed by atoms with van der Waals surface area (Å²) in [6, 6.07) is 9.16. The fourth-order valence-electron chi connectivity index (χ4n) is 2.69. The van der Waals surface area contributed by atoms with E-state index in [2.05, 4.69) is 57.0 Å². The summed E-state index contributed by atoms with van der Waals surface area (Å²) >= 11 is 0. The van der Waals surface area contributed by atoms with Gasteiger partial charge in [-0.05, 0) is 48.9 Å². The van der Waals surface area contributed by atoms with Crippen LogP contribution in [0.3, 0.4) is 0 Å². The number of nitrogens with zero attached hydrogens (tertiary/aromatic N) is 1. The molecule has 0 amide bonds. The van der Waals surface area contributed by atoms with E-state index in [-0.39, 0.29) is 5.41 Å². The second kappa shape index (κ2) is 4.81. The van der Waals surface area contributed by atoms with Gasteiger partial charge in [-0.15, -0.1) is 0 Å². The summed E-state index contributed by atoms with van der Waals surface area (Å²) in [6.07, 6.45) is 2.60. The van der Waals surface area contributed by atoms with Crippen molar-refractivity contribution in [3.63, 3.8) is 0 Å². The number of benzene rings is 1. The van der Waals surface area contributed by atoms with Crippen LogP contribution in [0.15, 0.2) is 24.3 Å². The van der Waals surface area contributed by atoms with Crippen LogP contribution in [0, 0.1) is 5.92 Å². The van der Waals surface area contributed by atoms with Crippen molar-refractivity contribution in [2.45, 2.75) is 39.0 Å². The molecule has 1 saturated heterocycles. The number of rotatable bonds is 2. The summed E-state index contributed by atoms with van der Waals surface area (Å²) in [5, 5.41) is 0. The molecular formula is C16H25N. The minimum atomic E-state index is 0.266. The Labute approximate surface area is 106 Å². The molecule has 1 heteroatoms. The monoisotopic (exact) mass is 231 g/mol. The van der Waals surface area contributed by atoms with Crippen LogP contribution in [0.5, 0.6) is 0 Å². The zero-order valence-corrected chi connectivity index (χ0v) is 11.7. The molecule has 1 heterocycles. The van der Waals surface area contributed by atoms with E-state index in [1.54, 1.807) is 0 Å². The van der Waals surface area contributed by atoms with E-state index in [1.807, 2.05) is 0 Å². The van der Waals surface area contributed by atoms with Crippen LogP contribution in [0.2, 0.25) is 0 Å². The van der Waals surface area contributed by atoms with Crippen molar-refractivity contribution < 1.29 is 0 Å². The Hall–Kier alpha value is -0.820. The van der Waals surface area contributed by atoms with Crippen LogP contribution in [0.25, 0.3) is 0 Å². The van der Waals surface area contributed by atoms with Gasteiger partial charge in [-0.2, -0.15) is 0 Å². The van der Waals surface area contributed by atoms with Crippen molar-refractivity contribution in [1.29, 1.82) is 0 Å². The Morgan fingerprint density at radius 3 is 2.65 bits per heavy atom. The highest BCUT2D eigenvalue weighted by Gasteiger charge is 2.20. The van der Waals surface area contributed by atoms with E-state index in [9.17, 15) is 0 Å². The maximum Gasteiger partial charge on any atom is 0.00103 e. The molecule has 0 radical (unpaired) electrons. The normalized spacial score (nSPS) is 22.0. The second-order valence-corrected chi connectivity index (χ2v) is 6.57. The first kappa shape index (κ1) is 12.6. The lowest BCUT2D eigenvalue weighted by molar-refractivity contribution is 0.394. The Morgan fingerprint density at radius 1 is 1.29 bits per heavy atom. The van der Waals surface area contributed by atoms with Gasteiger partial charge >= 0.3 is 0 Å². The third-order valence-electron chi connectivity index (χ3n) is 3.81. The zero-order chi connectivity index (χ0) is 12.5. The van der Waals surface area contributed by atoms with Crippen LogP contribution in [-0.4, -0.2) is 25.0 Å². The van der Waals surface area contributed by atoms with Crippen molar-refractivity contribution in [3.05, 3.63) is 35.4 Å². The van der Waals surface area contributed by atoms with Crippen LogP contribution < -0.4 is 0 Å². The van der Waals surface area contributed by atoms with Gasteiger partial charge in [0.2, 0.25) is 0 Å². The highest BCUT2D eigenvalue weighted by molar-refractivity contribution is 5.29. The molecule has 1 aromatic carbocycles.